The van der Waals surface area contributed by atoms with Crippen LogP contribution in [0.4, 0.5) is 0 Å². The van der Waals surface area contributed by atoms with Gasteiger partial charge in [-0.1, -0.05) is 5.16 Å². The van der Waals surface area contributed by atoms with Gasteiger partial charge < -0.3 is 19.1 Å². The lowest BCUT2D eigenvalue weighted by Gasteiger charge is -2.20. The van der Waals surface area contributed by atoms with E-state index in [0.29, 0.717) is 24.5 Å². The lowest BCUT2D eigenvalue weighted by Crippen LogP contribution is -2.40. The Balaban J connectivity index is 2.39. The number of rotatable bonds is 6. The van der Waals surface area contributed by atoms with Gasteiger partial charge in [0, 0.05) is 38.5 Å². The maximum absolute atomic E-state index is 12.3. The molecule has 2 aromatic rings. The first-order valence-corrected chi connectivity index (χ1v) is 7.58. The highest BCUT2D eigenvalue weighted by Crippen LogP contribution is 2.21. The van der Waals surface area contributed by atoms with E-state index in [1.165, 1.54) is 13.0 Å². The second-order valence-corrected chi connectivity index (χ2v) is 6.11. The van der Waals surface area contributed by atoms with Crippen LogP contribution < -0.4 is 10.7 Å². The van der Waals surface area contributed by atoms with Crippen molar-refractivity contribution in [3.63, 3.8) is 0 Å². The molecule has 0 atom stereocenters. The highest BCUT2D eigenvalue weighted by atomic mass is 16.5. The van der Waals surface area contributed by atoms with E-state index in [0.717, 1.165) is 5.69 Å². The fourth-order valence-electron chi connectivity index (χ4n) is 2.35. The molecule has 0 saturated heterocycles. The Morgan fingerprint density at radius 2 is 2.17 bits per heavy atom. The molecule has 0 fully saturated rings. The first-order valence-electron chi connectivity index (χ1n) is 7.58. The molecule has 0 aliphatic rings. The highest BCUT2D eigenvalue weighted by Gasteiger charge is 2.28. The van der Waals surface area contributed by atoms with Gasteiger partial charge in [0.1, 0.15) is 5.56 Å². The van der Waals surface area contributed by atoms with E-state index in [4.69, 9.17) is 9.26 Å². The van der Waals surface area contributed by atoms with Crippen LogP contribution in [0.5, 0.6) is 0 Å². The maximum Gasteiger partial charge on any atom is 0.263 e. The van der Waals surface area contributed by atoms with Gasteiger partial charge in [-0.2, -0.15) is 4.98 Å². The standard InChI is InChI=1S/C16H22N4O4/c1-10-8-13(22)12(9-20(10)6-7-23-5)14-17-15(19-24-14)16(3,4)18-11(2)21/h8-9H,6-7H2,1-5H3,(H,18,21). The molecule has 2 rings (SSSR count). The van der Waals surface area contributed by atoms with Gasteiger partial charge in [0.2, 0.25) is 5.91 Å². The van der Waals surface area contributed by atoms with Crippen molar-refractivity contribution in [3.8, 4) is 11.5 Å². The number of amides is 1. The normalized spacial score (nSPS) is 11.5. The number of aryl methyl sites for hydroxylation is 1. The Kier molecular flexibility index (Phi) is 5.18. The van der Waals surface area contributed by atoms with Gasteiger partial charge in [0.05, 0.1) is 12.1 Å². The number of carbonyl (C=O) groups excluding carboxylic acids is 1. The van der Waals surface area contributed by atoms with Crippen LogP contribution in [0, 0.1) is 6.92 Å². The van der Waals surface area contributed by atoms with Crippen LogP contribution in [0.2, 0.25) is 0 Å². The predicted molar refractivity (Wildman–Crippen MR) is 87.4 cm³/mol. The van der Waals surface area contributed by atoms with Crippen LogP contribution in [0.15, 0.2) is 21.6 Å². The van der Waals surface area contributed by atoms with Gasteiger partial charge in [-0.05, 0) is 20.8 Å². The zero-order valence-electron chi connectivity index (χ0n) is 14.5. The Morgan fingerprint density at radius 3 is 2.79 bits per heavy atom. The third-order valence-corrected chi connectivity index (χ3v) is 3.58. The number of methoxy groups -OCH3 is 1. The molecule has 8 nitrogen and oxygen atoms in total. The average Bonchev–Trinajstić information content (AvgIpc) is 2.95. The van der Waals surface area contributed by atoms with Crippen LogP contribution in [-0.2, 0) is 21.6 Å². The SMILES string of the molecule is COCCn1cc(-c2nc(C(C)(C)NC(C)=O)no2)c(=O)cc1C. The van der Waals surface area contributed by atoms with Crippen molar-refractivity contribution >= 4 is 5.91 Å². The minimum absolute atomic E-state index is 0.125. The van der Waals surface area contributed by atoms with E-state index < -0.39 is 5.54 Å². The summed E-state index contributed by atoms with van der Waals surface area (Å²) >= 11 is 0. The van der Waals surface area contributed by atoms with Crippen LogP contribution in [0.3, 0.4) is 0 Å². The van der Waals surface area contributed by atoms with E-state index in [1.54, 1.807) is 27.2 Å². The second kappa shape index (κ2) is 6.96. The Labute approximate surface area is 139 Å². The molecule has 1 amide bonds. The zero-order chi connectivity index (χ0) is 17.9. The first kappa shape index (κ1) is 17.9. The Bertz CT molecular complexity index is 792. The molecule has 2 aromatic heterocycles. The second-order valence-electron chi connectivity index (χ2n) is 6.11. The number of hydrogen-bond donors (Lipinski definition) is 1. The van der Waals surface area contributed by atoms with Crippen LogP contribution in [0.1, 0.15) is 32.3 Å². The third kappa shape index (κ3) is 3.88. The molecule has 0 unspecified atom stereocenters. The summed E-state index contributed by atoms with van der Waals surface area (Å²) in [4.78, 5) is 27.8. The molecule has 8 heteroatoms. The molecule has 0 aliphatic carbocycles. The van der Waals surface area contributed by atoms with Crippen LogP contribution >= 0.6 is 0 Å². The van der Waals surface area contributed by atoms with E-state index in [1.807, 2.05) is 11.5 Å². The molecule has 0 aliphatic heterocycles. The molecule has 0 radical (unpaired) electrons. The van der Waals surface area contributed by atoms with Crippen molar-refractivity contribution in [2.75, 3.05) is 13.7 Å². The number of nitrogens with one attached hydrogen (secondary N) is 1. The molecule has 0 spiro atoms. The first-order chi connectivity index (χ1) is 11.2. The third-order valence-electron chi connectivity index (χ3n) is 3.58. The largest absolute Gasteiger partial charge is 0.383 e. The van der Waals surface area contributed by atoms with Crippen molar-refractivity contribution in [1.29, 1.82) is 0 Å². The molecule has 0 saturated carbocycles. The quantitative estimate of drug-likeness (QED) is 0.853. The molecular formula is C16H22N4O4. The summed E-state index contributed by atoms with van der Waals surface area (Å²) in [5.41, 5.74) is 0.134. The summed E-state index contributed by atoms with van der Waals surface area (Å²) in [6.07, 6.45) is 1.68. The van der Waals surface area contributed by atoms with Gasteiger partial charge >= 0.3 is 0 Å². The van der Waals surface area contributed by atoms with E-state index >= 15 is 0 Å². The van der Waals surface area contributed by atoms with Gasteiger partial charge in [-0.25, -0.2) is 0 Å². The van der Waals surface area contributed by atoms with Crippen LogP contribution in [-0.4, -0.2) is 34.3 Å². The molecule has 0 bridgehead atoms. The van der Waals surface area contributed by atoms with Crippen molar-refractivity contribution in [2.24, 2.45) is 0 Å². The lowest BCUT2D eigenvalue weighted by atomic mass is 10.1. The van der Waals surface area contributed by atoms with Crippen molar-refractivity contribution in [2.45, 2.75) is 39.8 Å². The molecular weight excluding hydrogens is 312 g/mol. The summed E-state index contributed by atoms with van der Waals surface area (Å²) in [6, 6.07) is 1.52. The molecule has 130 valence electrons. The highest BCUT2D eigenvalue weighted by molar-refractivity contribution is 5.73. The number of pyridine rings is 1. The van der Waals surface area contributed by atoms with Gasteiger partial charge in [-0.3, -0.25) is 9.59 Å². The fraction of sp³-hybridized carbons (Fsp3) is 0.500. The minimum atomic E-state index is -0.798. The lowest BCUT2D eigenvalue weighted by molar-refractivity contribution is -0.120. The van der Waals surface area contributed by atoms with Crippen molar-refractivity contribution < 1.29 is 14.1 Å². The van der Waals surface area contributed by atoms with E-state index in [-0.39, 0.29) is 17.2 Å². The summed E-state index contributed by atoms with van der Waals surface area (Å²) in [5.74, 6) is 0.222. The fourth-order valence-corrected chi connectivity index (χ4v) is 2.35. The average molecular weight is 334 g/mol. The molecule has 1 N–H and O–H groups in total. The maximum atomic E-state index is 12.3. The molecule has 2 heterocycles. The molecule has 0 aromatic carbocycles. The van der Waals surface area contributed by atoms with Crippen molar-refractivity contribution in [3.05, 3.63) is 34.0 Å². The van der Waals surface area contributed by atoms with Gasteiger partial charge in [0.25, 0.3) is 5.89 Å². The topological polar surface area (TPSA) is 99.2 Å². The summed E-state index contributed by atoms with van der Waals surface area (Å²) in [5, 5.41) is 6.64. The smallest absolute Gasteiger partial charge is 0.263 e. The van der Waals surface area contributed by atoms with Gasteiger partial charge in [-0.15, -0.1) is 0 Å². The number of hydrogen-bond acceptors (Lipinski definition) is 6. The summed E-state index contributed by atoms with van der Waals surface area (Å²) in [7, 11) is 1.62. The summed E-state index contributed by atoms with van der Waals surface area (Å²) in [6.45, 7) is 7.91. The number of carbonyl (C=O) groups is 1. The zero-order valence-corrected chi connectivity index (χ0v) is 14.5. The van der Waals surface area contributed by atoms with E-state index in [9.17, 15) is 9.59 Å². The number of ether oxygens (including phenoxy) is 1. The van der Waals surface area contributed by atoms with Crippen molar-refractivity contribution in [1.82, 2.24) is 20.0 Å². The Hall–Kier alpha value is -2.48. The number of aromatic nitrogens is 3. The van der Waals surface area contributed by atoms with Gasteiger partial charge in [0.15, 0.2) is 11.3 Å². The summed E-state index contributed by atoms with van der Waals surface area (Å²) < 4.78 is 12.2. The van der Waals surface area contributed by atoms with Crippen LogP contribution in [0.25, 0.3) is 11.5 Å². The molecule has 24 heavy (non-hydrogen) atoms. The minimum Gasteiger partial charge on any atom is -0.383 e. The Morgan fingerprint density at radius 1 is 1.46 bits per heavy atom. The predicted octanol–water partition coefficient (Wildman–Crippen LogP) is 1.22. The number of nitrogens with zero attached hydrogens (tertiary/aromatic N) is 3. The monoisotopic (exact) mass is 334 g/mol. The van der Waals surface area contributed by atoms with E-state index in [2.05, 4.69) is 15.5 Å².